The summed E-state index contributed by atoms with van der Waals surface area (Å²) in [5.74, 6) is -0.938. The molecule has 120 valence electrons. The van der Waals surface area contributed by atoms with E-state index in [-0.39, 0.29) is 24.8 Å². The molecule has 0 fully saturated rings. The lowest BCUT2D eigenvalue weighted by atomic mass is 10.1. The molecular formula is C16H17N3O4. The molecule has 0 radical (unpaired) electrons. The molecule has 0 aliphatic carbocycles. The molecule has 1 aromatic carbocycles. The third-order valence-corrected chi connectivity index (χ3v) is 3.97. The Morgan fingerprint density at radius 1 is 1.35 bits per heavy atom. The quantitative estimate of drug-likeness (QED) is 0.778. The van der Waals surface area contributed by atoms with Crippen LogP contribution < -0.4 is 10.2 Å². The lowest BCUT2D eigenvalue weighted by Gasteiger charge is -2.17. The SMILES string of the molecule is CC(=O)N1CCc2ccc(NC3=CC(=O)N(CCO)C3=O)cc21. The minimum Gasteiger partial charge on any atom is -0.395 e. The highest BCUT2D eigenvalue weighted by Gasteiger charge is 2.31. The predicted octanol–water partition coefficient (Wildman–Crippen LogP) is 0.252. The van der Waals surface area contributed by atoms with Crippen LogP contribution in [0.5, 0.6) is 0 Å². The third-order valence-electron chi connectivity index (χ3n) is 3.97. The first-order valence-corrected chi connectivity index (χ1v) is 7.37. The monoisotopic (exact) mass is 315 g/mol. The largest absolute Gasteiger partial charge is 0.395 e. The molecule has 0 bridgehead atoms. The van der Waals surface area contributed by atoms with Gasteiger partial charge in [-0.1, -0.05) is 6.07 Å². The number of anilines is 2. The molecule has 0 saturated heterocycles. The van der Waals surface area contributed by atoms with E-state index < -0.39 is 11.8 Å². The second-order valence-corrected chi connectivity index (χ2v) is 5.47. The molecule has 2 N–H and O–H groups in total. The second-order valence-electron chi connectivity index (χ2n) is 5.47. The van der Waals surface area contributed by atoms with Crippen LogP contribution in [0.3, 0.4) is 0 Å². The number of rotatable bonds is 4. The number of fused-ring (bicyclic) bond motifs is 1. The maximum absolute atomic E-state index is 12.1. The summed E-state index contributed by atoms with van der Waals surface area (Å²) in [5.41, 5.74) is 2.70. The van der Waals surface area contributed by atoms with Crippen LogP contribution in [-0.4, -0.2) is 47.4 Å². The van der Waals surface area contributed by atoms with Gasteiger partial charge in [0.05, 0.1) is 13.2 Å². The number of β-amino-alcohol motifs (C(OH)–C–C–N with tert-alkyl or cyclic N) is 1. The maximum atomic E-state index is 12.1. The Kier molecular flexibility index (Phi) is 3.87. The van der Waals surface area contributed by atoms with Gasteiger partial charge in [0.15, 0.2) is 0 Å². The molecule has 1 aromatic rings. The van der Waals surface area contributed by atoms with Gasteiger partial charge in [0, 0.05) is 30.9 Å². The molecule has 7 nitrogen and oxygen atoms in total. The van der Waals surface area contributed by atoms with Gasteiger partial charge < -0.3 is 15.3 Å². The Morgan fingerprint density at radius 3 is 2.83 bits per heavy atom. The zero-order valence-electron chi connectivity index (χ0n) is 12.7. The van der Waals surface area contributed by atoms with Crippen LogP contribution in [0.2, 0.25) is 0 Å². The van der Waals surface area contributed by atoms with Gasteiger partial charge in [-0.3, -0.25) is 19.3 Å². The van der Waals surface area contributed by atoms with Gasteiger partial charge in [0.25, 0.3) is 11.8 Å². The van der Waals surface area contributed by atoms with E-state index in [2.05, 4.69) is 5.32 Å². The number of carbonyl (C=O) groups is 3. The average molecular weight is 315 g/mol. The summed E-state index contributed by atoms with van der Waals surface area (Å²) in [6, 6.07) is 5.53. The number of amides is 3. The highest BCUT2D eigenvalue weighted by Crippen LogP contribution is 2.31. The van der Waals surface area contributed by atoms with Gasteiger partial charge in [-0.2, -0.15) is 0 Å². The van der Waals surface area contributed by atoms with Gasteiger partial charge in [0.1, 0.15) is 5.70 Å². The van der Waals surface area contributed by atoms with Crippen molar-refractivity contribution in [1.82, 2.24) is 4.90 Å². The number of hydrogen-bond donors (Lipinski definition) is 2. The maximum Gasteiger partial charge on any atom is 0.277 e. The number of nitrogens with one attached hydrogen (secondary N) is 1. The van der Waals surface area contributed by atoms with Crippen LogP contribution in [0.1, 0.15) is 12.5 Å². The van der Waals surface area contributed by atoms with Gasteiger partial charge >= 0.3 is 0 Å². The van der Waals surface area contributed by atoms with Crippen LogP contribution in [0.25, 0.3) is 0 Å². The Morgan fingerprint density at radius 2 is 2.13 bits per heavy atom. The number of nitrogens with zero attached hydrogens (tertiary/aromatic N) is 2. The van der Waals surface area contributed by atoms with Crippen molar-refractivity contribution in [1.29, 1.82) is 0 Å². The fourth-order valence-corrected chi connectivity index (χ4v) is 2.85. The zero-order chi connectivity index (χ0) is 16.6. The fourth-order valence-electron chi connectivity index (χ4n) is 2.85. The van der Waals surface area contributed by atoms with Crippen LogP contribution in [0.15, 0.2) is 30.0 Å². The van der Waals surface area contributed by atoms with Crippen molar-refractivity contribution in [3.8, 4) is 0 Å². The lowest BCUT2D eigenvalue weighted by molar-refractivity contribution is -0.137. The van der Waals surface area contributed by atoms with Crippen molar-refractivity contribution in [2.45, 2.75) is 13.3 Å². The topological polar surface area (TPSA) is 90.0 Å². The number of aliphatic hydroxyl groups is 1. The molecule has 2 aliphatic rings. The van der Waals surface area contributed by atoms with Gasteiger partial charge in [-0.25, -0.2) is 0 Å². The average Bonchev–Trinajstić information content (AvgIpc) is 3.04. The molecule has 7 heteroatoms. The fraction of sp³-hybridized carbons (Fsp3) is 0.312. The summed E-state index contributed by atoms with van der Waals surface area (Å²) < 4.78 is 0. The van der Waals surface area contributed by atoms with Crippen molar-refractivity contribution in [2.24, 2.45) is 0 Å². The summed E-state index contributed by atoms with van der Waals surface area (Å²) in [7, 11) is 0. The minimum atomic E-state index is -0.465. The van der Waals surface area contributed by atoms with E-state index in [0.29, 0.717) is 12.2 Å². The molecule has 23 heavy (non-hydrogen) atoms. The van der Waals surface area contributed by atoms with E-state index in [0.717, 1.165) is 22.6 Å². The normalized spacial score (nSPS) is 16.7. The van der Waals surface area contributed by atoms with Crippen LogP contribution in [-0.2, 0) is 20.8 Å². The molecule has 3 amide bonds. The molecule has 2 aliphatic heterocycles. The highest BCUT2D eigenvalue weighted by atomic mass is 16.3. The van der Waals surface area contributed by atoms with Crippen molar-refractivity contribution in [3.05, 3.63) is 35.5 Å². The van der Waals surface area contributed by atoms with Crippen LogP contribution in [0.4, 0.5) is 11.4 Å². The third kappa shape index (κ3) is 2.70. The standard InChI is InChI=1S/C16H17N3O4/c1-10(21)18-5-4-11-2-3-12(8-14(11)18)17-13-9-15(22)19(6-7-20)16(13)23/h2-3,8-9,17,20H,4-7H2,1H3. The molecular weight excluding hydrogens is 298 g/mol. The Bertz CT molecular complexity index is 726. The Hall–Kier alpha value is -2.67. The number of carbonyl (C=O) groups excluding carboxylic acids is 3. The summed E-state index contributed by atoms with van der Waals surface area (Å²) in [4.78, 5) is 38.2. The van der Waals surface area contributed by atoms with Crippen molar-refractivity contribution in [3.63, 3.8) is 0 Å². The molecule has 0 saturated carbocycles. The van der Waals surface area contributed by atoms with Crippen molar-refractivity contribution in [2.75, 3.05) is 29.9 Å². The number of imide groups is 1. The lowest BCUT2D eigenvalue weighted by Crippen LogP contribution is -2.34. The summed E-state index contributed by atoms with van der Waals surface area (Å²) in [6.45, 7) is 1.87. The first kappa shape index (κ1) is 15.2. The van der Waals surface area contributed by atoms with E-state index in [1.54, 1.807) is 11.0 Å². The summed E-state index contributed by atoms with van der Waals surface area (Å²) >= 11 is 0. The smallest absolute Gasteiger partial charge is 0.277 e. The van der Waals surface area contributed by atoms with Gasteiger partial charge in [0.2, 0.25) is 5.91 Å². The first-order valence-electron chi connectivity index (χ1n) is 7.37. The van der Waals surface area contributed by atoms with E-state index in [1.807, 2.05) is 12.1 Å². The molecule has 0 aromatic heterocycles. The highest BCUT2D eigenvalue weighted by molar-refractivity contribution is 6.17. The van der Waals surface area contributed by atoms with Crippen LogP contribution in [0, 0.1) is 0 Å². The minimum absolute atomic E-state index is 0.0261. The molecule has 3 rings (SSSR count). The Labute approximate surface area is 133 Å². The second kappa shape index (κ2) is 5.85. The number of hydrogen-bond acceptors (Lipinski definition) is 5. The molecule has 0 unspecified atom stereocenters. The van der Waals surface area contributed by atoms with E-state index in [9.17, 15) is 14.4 Å². The summed E-state index contributed by atoms with van der Waals surface area (Å²) in [6.07, 6.45) is 2.02. The summed E-state index contributed by atoms with van der Waals surface area (Å²) in [5, 5.41) is 11.8. The zero-order valence-corrected chi connectivity index (χ0v) is 12.7. The van der Waals surface area contributed by atoms with Gasteiger partial charge in [-0.05, 0) is 24.1 Å². The Balaban J connectivity index is 1.81. The van der Waals surface area contributed by atoms with Gasteiger partial charge in [-0.15, -0.1) is 0 Å². The number of aliphatic hydroxyl groups excluding tert-OH is 1. The van der Waals surface area contributed by atoms with Crippen molar-refractivity contribution >= 4 is 29.1 Å². The predicted molar refractivity (Wildman–Crippen MR) is 83.7 cm³/mol. The molecule has 2 heterocycles. The van der Waals surface area contributed by atoms with E-state index in [1.165, 1.54) is 13.0 Å². The van der Waals surface area contributed by atoms with E-state index in [4.69, 9.17) is 5.11 Å². The molecule has 0 spiro atoms. The molecule has 0 atom stereocenters. The number of benzene rings is 1. The van der Waals surface area contributed by atoms with Crippen LogP contribution >= 0.6 is 0 Å². The van der Waals surface area contributed by atoms with E-state index >= 15 is 0 Å². The van der Waals surface area contributed by atoms with Crippen molar-refractivity contribution < 1.29 is 19.5 Å². The first-order chi connectivity index (χ1) is 11.0.